The van der Waals surface area contributed by atoms with Gasteiger partial charge < -0.3 is 15.2 Å². The van der Waals surface area contributed by atoms with Crippen LogP contribution in [0.1, 0.15) is 31.2 Å². The van der Waals surface area contributed by atoms with Gasteiger partial charge in [-0.25, -0.2) is 0 Å². The second-order valence-electron chi connectivity index (χ2n) is 6.06. The number of halogens is 1. The molecule has 2 aliphatic carbocycles. The average molecular weight is 296 g/mol. The van der Waals surface area contributed by atoms with Crippen molar-refractivity contribution < 1.29 is 9.47 Å². The van der Waals surface area contributed by atoms with Gasteiger partial charge in [-0.1, -0.05) is 18.0 Å². The summed E-state index contributed by atoms with van der Waals surface area (Å²) in [7, 11) is 1.64. The molecular weight excluding hydrogens is 274 g/mol. The van der Waals surface area contributed by atoms with Crippen LogP contribution in [0.25, 0.3) is 0 Å². The van der Waals surface area contributed by atoms with Crippen LogP contribution in [0.5, 0.6) is 11.5 Å². The number of methoxy groups -OCH3 is 1. The number of hydrogen-bond donors (Lipinski definition) is 1. The molecule has 2 N–H and O–H groups in total. The lowest BCUT2D eigenvalue weighted by Gasteiger charge is -2.23. The van der Waals surface area contributed by atoms with Crippen LogP contribution in [0.4, 0.5) is 0 Å². The van der Waals surface area contributed by atoms with E-state index in [9.17, 15) is 0 Å². The minimum absolute atomic E-state index is 0.447. The molecule has 0 spiro atoms. The van der Waals surface area contributed by atoms with Crippen molar-refractivity contribution in [2.24, 2.45) is 23.5 Å². The van der Waals surface area contributed by atoms with E-state index in [0.29, 0.717) is 29.0 Å². The molecular formula is C16H22ClNO2. The topological polar surface area (TPSA) is 44.5 Å². The molecule has 2 bridgehead atoms. The predicted molar refractivity (Wildman–Crippen MR) is 80.3 cm³/mol. The molecule has 0 heterocycles. The number of ether oxygens (including phenoxy) is 2. The maximum atomic E-state index is 6.30. The highest BCUT2D eigenvalue weighted by Gasteiger charge is 2.39. The summed E-state index contributed by atoms with van der Waals surface area (Å²) in [6.07, 6.45) is 5.49. The number of benzene rings is 1. The molecule has 1 aromatic carbocycles. The van der Waals surface area contributed by atoms with Crippen molar-refractivity contribution in [3.8, 4) is 11.5 Å². The van der Waals surface area contributed by atoms with Crippen molar-refractivity contribution in [2.45, 2.75) is 32.2 Å². The van der Waals surface area contributed by atoms with E-state index in [-0.39, 0.29) is 0 Å². The minimum atomic E-state index is 0.447. The number of fused-ring (bicyclic) bond motifs is 2. The van der Waals surface area contributed by atoms with Gasteiger partial charge in [0, 0.05) is 6.54 Å². The van der Waals surface area contributed by atoms with Crippen molar-refractivity contribution in [1.29, 1.82) is 0 Å². The molecule has 2 saturated carbocycles. The normalized spacial score (nSPS) is 27.9. The van der Waals surface area contributed by atoms with Crippen LogP contribution in [-0.2, 0) is 6.54 Å². The second kappa shape index (κ2) is 5.82. The first-order chi connectivity index (χ1) is 9.71. The third-order valence-electron chi connectivity index (χ3n) is 4.85. The lowest BCUT2D eigenvalue weighted by atomic mass is 9.89. The van der Waals surface area contributed by atoms with E-state index in [4.69, 9.17) is 26.8 Å². The first-order valence-corrected chi connectivity index (χ1v) is 7.78. The quantitative estimate of drug-likeness (QED) is 0.902. The Bertz CT molecular complexity index is 492. The molecule has 0 aromatic heterocycles. The zero-order valence-corrected chi connectivity index (χ0v) is 12.7. The molecule has 2 aliphatic rings. The Morgan fingerprint density at radius 2 is 2.15 bits per heavy atom. The predicted octanol–water partition coefficient (Wildman–Crippen LogP) is 3.62. The Morgan fingerprint density at radius 3 is 2.75 bits per heavy atom. The van der Waals surface area contributed by atoms with E-state index >= 15 is 0 Å². The van der Waals surface area contributed by atoms with Crippen LogP contribution in [-0.4, -0.2) is 13.7 Å². The van der Waals surface area contributed by atoms with Crippen molar-refractivity contribution in [1.82, 2.24) is 0 Å². The van der Waals surface area contributed by atoms with E-state index in [1.165, 1.54) is 25.7 Å². The monoisotopic (exact) mass is 295 g/mol. The van der Waals surface area contributed by atoms with Crippen LogP contribution in [0, 0.1) is 17.8 Å². The molecule has 110 valence electrons. The Hall–Kier alpha value is -0.930. The van der Waals surface area contributed by atoms with Gasteiger partial charge in [0.25, 0.3) is 0 Å². The van der Waals surface area contributed by atoms with Gasteiger partial charge in [-0.3, -0.25) is 0 Å². The van der Waals surface area contributed by atoms with E-state index < -0.39 is 0 Å². The highest BCUT2D eigenvalue weighted by Crippen LogP contribution is 2.48. The van der Waals surface area contributed by atoms with Gasteiger partial charge in [-0.05, 0) is 54.7 Å². The van der Waals surface area contributed by atoms with Crippen LogP contribution in [0.15, 0.2) is 12.1 Å². The fraction of sp³-hybridized carbons (Fsp3) is 0.625. The second-order valence-corrected chi connectivity index (χ2v) is 6.47. The molecule has 2 fully saturated rings. The van der Waals surface area contributed by atoms with Crippen molar-refractivity contribution >= 4 is 11.6 Å². The molecule has 0 radical (unpaired) electrons. The molecule has 0 saturated heterocycles. The largest absolute Gasteiger partial charge is 0.493 e. The summed E-state index contributed by atoms with van der Waals surface area (Å²) >= 11 is 6.30. The standard InChI is InChI=1S/C16H22ClNO2/c1-19-15-7-11(8-18)6-14(17)16(15)20-9-13-5-10-2-3-12(13)4-10/h6-7,10,12-13H,2-5,8-9,18H2,1H3. The van der Waals surface area contributed by atoms with Gasteiger partial charge in [-0.15, -0.1) is 0 Å². The van der Waals surface area contributed by atoms with Crippen molar-refractivity contribution in [2.75, 3.05) is 13.7 Å². The first-order valence-electron chi connectivity index (χ1n) is 7.40. The number of rotatable bonds is 5. The van der Waals surface area contributed by atoms with Gasteiger partial charge in [0.15, 0.2) is 11.5 Å². The van der Waals surface area contributed by atoms with Gasteiger partial charge in [0.2, 0.25) is 0 Å². The van der Waals surface area contributed by atoms with E-state index in [2.05, 4.69) is 0 Å². The summed E-state index contributed by atoms with van der Waals surface area (Å²) in [5, 5.41) is 0.591. The summed E-state index contributed by atoms with van der Waals surface area (Å²) in [5.74, 6) is 3.82. The van der Waals surface area contributed by atoms with E-state index in [1.54, 1.807) is 7.11 Å². The fourth-order valence-electron chi connectivity index (χ4n) is 3.80. The van der Waals surface area contributed by atoms with E-state index in [1.807, 2.05) is 12.1 Å². The van der Waals surface area contributed by atoms with Gasteiger partial charge in [0.05, 0.1) is 18.7 Å². The molecule has 3 nitrogen and oxygen atoms in total. The Labute approximate surface area is 125 Å². The lowest BCUT2D eigenvalue weighted by Crippen LogP contribution is -2.18. The summed E-state index contributed by atoms with van der Waals surface area (Å²) in [5.41, 5.74) is 6.61. The Balaban J connectivity index is 1.70. The van der Waals surface area contributed by atoms with Gasteiger partial charge in [-0.2, -0.15) is 0 Å². The van der Waals surface area contributed by atoms with Crippen molar-refractivity contribution in [3.63, 3.8) is 0 Å². The summed E-state index contributed by atoms with van der Waals surface area (Å²) in [6.45, 7) is 1.20. The molecule has 4 heteroatoms. The average Bonchev–Trinajstić information content (AvgIpc) is 3.07. The molecule has 1 aromatic rings. The molecule has 20 heavy (non-hydrogen) atoms. The lowest BCUT2D eigenvalue weighted by molar-refractivity contribution is 0.190. The maximum absolute atomic E-state index is 6.30. The summed E-state index contributed by atoms with van der Waals surface area (Å²) in [6, 6.07) is 3.77. The van der Waals surface area contributed by atoms with Crippen LogP contribution < -0.4 is 15.2 Å². The van der Waals surface area contributed by atoms with Crippen LogP contribution >= 0.6 is 11.6 Å². The van der Waals surface area contributed by atoms with Crippen molar-refractivity contribution in [3.05, 3.63) is 22.7 Å². The first kappa shape index (κ1) is 14.0. The summed E-state index contributed by atoms with van der Waals surface area (Å²) in [4.78, 5) is 0. The summed E-state index contributed by atoms with van der Waals surface area (Å²) < 4.78 is 11.4. The van der Waals surface area contributed by atoms with E-state index in [0.717, 1.165) is 24.0 Å². The molecule has 3 atom stereocenters. The highest BCUT2D eigenvalue weighted by molar-refractivity contribution is 6.32. The zero-order valence-electron chi connectivity index (χ0n) is 11.9. The van der Waals surface area contributed by atoms with Crippen LogP contribution in [0.2, 0.25) is 5.02 Å². The maximum Gasteiger partial charge on any atom is 0.179 e. The zero-order chi connectivity index (χ0) is 14.1. The number of nitrogens with two attached hydrogens (primary N) is 1. The Morgan fingerprint density at radius 1 is 1.30 bits per heavy atom. The van der Waals surface area contributed by atoms with Gasteiger partial charge >= 0.3 is 0 Å². The number of hydrogen-bond acceptors (Lipinski definition) is 3. The SMILES string of the molecule is COc1cc(CN)cc(Cl)c1OCC1CC2CCC1C2. The fourth-order valence-corrected chi connectivity index (χ4v) is 4.09. The minimum Gasteiger partial charge on any atom is -0.493 e. The molecule has 3 unspecified atom stereocenters. The highest BCUT2D eigenvalue weighted by atomic mass is 35.5. The Kier molecular flexibility index (Phi) is 4.08. The third kappa shape index (κ3) is 2.61. The van der Waals surface area contributed by atoms with Gasteiger partial charge in [0.1, 0.15) is 0 Å². The molecule has 3 rings (SSSR count). The van der Waals surface area contributed by atoms with Crippen LogP contribution in [0.3, 0.4) is 0 Å². The molecule has 0 aliphatic heterocycles. The smallest absolute Gasteiger partial charge is 0.179 e. The third-order valence-corrected chi connectivity index (χ3v) is 5.13. The molecule has 0 amide bonds.